The molecule has 0 unspecified atom stereocenters. The number of carbonyl (C=O) groups is 1. The van der Waals surface area contributed by atoms with Crippen molar-refractivity contribution in [3.8, 4) is 11.8 Å². The highest BCUT2D eigenvalue weighted by molar-refractivity contribution is 8.03. The quantitative estimate of drug-likeness (QED) is 0.295. The molecule has 5 rings (SSSR count). The first-order valence-electron chi connectivity index (χ1n) is 12.9. The summed E-state index contributed by atoms with van der Waals surface area (Å²) in [5.41, 5.74) is 5.08. The van der Waals surface area contributed by atoms with Gasteiger partial charge in [0.15, 0.2) is 0 Å². The highest BCUT2D eigenvalue weighted by Crippen LogP contribution is 2.43. The number of aryl methyl sites for hydroxylation is 1. The molecular formula is C31H30ClN3O2S. The van der Waals surface area contributed by atoms with Crippen LogP contribution in [0.4, 0.5) is 5.69 Å². The van der Waals surface area contributed by atoms with E-state index in [9.17, 15) is 10.1 Å². The summed E-state index contributed by atoms with van der Waals surface area (Å²) < 4.78 is 5.91. The van der Waals surface area contributed by atoms with E-state index in [4.69, 9.17) is 16.3 Å². The van der Waals surface area contributed by atoms with Crippen LogP contribution >= 0.6 is 23.4 Å². The Labute approximate surface area is 233 Å². The topological polar surface area (TPSA) is 56.6 Å². The number of unbranched alkanes of at least 4 members (excludes halogenated alkanes) is 1. The van der Waals surface area contributed by atoms with Gasteiger partial charge in [-0.05, 0) is 65.9 Å². The van der Waals surface area contributed by atoms with Crippen LogP contribution in [0.2, 0.25) is 5.02 Å². The maximum absolute atomic E-state index is 13.3. The van der Waals surface area contributed by atoms with E-state index in [1.54, 1.807) is 16.7 Å². The third-order valence-corrected chi connectivity index (χ3v) is 8.42. The molecule has 1 atom stereocenters. The van der Waals surface area contributed by atoms with Crippen molar-refractivity contribution in [2.45, 2.75) is 45.1 Å². The molecule has 0 spiro atoms. The molecule has 2 heterocycles. The van der Waals surface area contributed by atoms with Crippen LogP contribution in [0, 0.1) is 11.3 Å². The number of hydrogen-bond donors (Lipinski definition) is 0. The Morgan fingerprint density at radius 1 is 1.03 bits per heavy atom. The number of hydrogen-bond acceptors (Lipinski definition) is 5. The molecule has 194 valence electrons. The summed E-state index contributed by atoms with van der Waals surface area (Å²) in [6.45, 7) is 3.11. The maximum atomic E-state index is 13.3. The number of nitriles is 1. The van der Waals surface area contributed by atoms with Gasteiger partial charge >= 0.3 is 0 Å². The predicted octanol–water partition coefficient (Wildman–Crippen LogP) is 7.48. The second kappa shape index (κ2) is 12.0. The van der Waals surface area contributed by atoms with Gasteiger partial charge in [0.2, 0.25) is 5.91 Å². The fraction of sp³-hybridized carbons (Fsp3) is 0.290. The molecule has 3 aromatic rings. The summed E-state index contributed by atoms with van der Waals surface area (Å²) in [7, 11) is 0. The van der Waals surface area contributed by atoms with E-state index in [0.29, 0.717) is 29.7 Å². The smallest absolute Gasteiger partial charge is 0.229 e. The number of rotatable bonds is 8. The molecule has 1 amide bonds. The number of halogens is 1. The van der Waals surface area contributed by atoms with Gasteiger partial charge in [-0.2, -0.15) is 5.26 Å². The molecule has 7 heteroatoms. The van der Waals surface area contributed by atoms with Gasteiger partial charge in [-0.25, -0.2) is 0 Å². The van der Waals surface area contributed by atoms with Crippen LogP contribution < -0.4 is 9.64 Å². The van der Waals surface area contributed by atoms with Crippen LogP contribution in [-0.4, -0.2) is 23.4 Å². The van der Waals surface area contributed by atoms with E-state index in [1.807, 2.05) is 48.5 Å². The highest BCUT2D eigenvalue weighted by atomic mass is 35.5. The fourth-order valence-electron chi connectivity index (χ4n) is 4.81. The van der Waals surface area contributed by atoms with E-state index in [2.05, 4.69) is 42.2 Å². The second-order valence-corrected chi connectivity index (χ2v) is 11.0. The second-order valence-electron chi connectivity index (χ2n) is 9.62. The van der Waals surface area contributed by atoms with E-state index in [0.717, 1.165) is 34.0 Å². The maximum Gasteiger partial charge on any atom is 0.229 e. The third-order valence-electron chi connectivity index (χ3n) is 7.02. The first-order chi connectivity index (χ1) is 18.6. The highest BCUT2D eigenvalue weighted by Gasteiger charge is 2.38. The van der Waals surface area contributed by atoms with Crippen LogP contribution in [0.15, 0.2) is 83.4 Å². The van der Waals surface area contributed by atoms with Crippen LogP contribution in [0.1, 0.15) is 48.8 Å². The molecule has 0 N–H and O–H groups in total. The number of ether oxygens (including phenoxy) is 1. The molecule has 3 aromatic carbocycles. The molecule has 2 aliphatic rings. The molecule has 2 aliphatic heterocycles. The number of benzene rings is 3. The lowest BCUT2D eigenvalue weighted by Gasteiger charge is -2.42. The molecule has 5 nitrogen and oxygen atoms in total. The summed E-state index contributed by atoms with van der Waals surface area (Å²) in [4.78, 5) is 17.2. The molecule has 0 radical (unpaired) electrons. The van der Waals surface area contributed by atoms with Crippen molar-refractivity contribution in [2.24, 2.45) is 0 Å². The van der Waals surface area contributed by atoms with Crippen molar-refractivity contribution < 1.29 is 9.53 Å². The summed E-state index contributed by atoms with van der Waals surface area (Å²) in [6, 6.07) is 26.4. The third kappa shape index (κ3) is 5.85. The van der Waals surface area contributed by atoms with E-state index < -0.39 is 0 Å². The molecule has 0 aromatic heterocycles. The Morgan fingerprint density at radius 2 is 1.74 bits per heavy atom. The van der Waals surface area contributed by atoms with Crippen LogP contribution in [0.3, 0.4) is 0 Å². The number of amides is 1. The van der Waals surface area contributed by atoms with E-state index in [-0.39, 0.29) is 18.2 Å². The zero-order valence-electron chi connectivity index (χ0n) is 21.4. The molecular weight excluding hydrogens is 514 g/mol. The minimum absolute atomic E-state index is 0.0452. The number of fused-ring (bicyclic) bond motifs is 1. The molecule has 0 bridgehead atoms. The molecule has 0 saturated carbocycles. The normalized spacial score (nSPS) is 17.3. The lowest BCUT2D eigenvalue weighted by molar-refractivity contribution is -0.129. The molecule has 1 saturated heterocycles. The van der Waals surface area contributed by atoms with Crippen molar-refractivity contribution in [3.63, 3.8) is 0 Å². The van der Waals surface area contributed by atoms with E-state index in [1.165, 1.54) is 18.4 Å². The van der Waals surface area contributed by atoms with Crippen molar-refractivity contribution in [1.82, 2.24) is 4.90 Å². The summed E-state index contributed by atoms with van der Waals surface area (Å²) in [5.74, 6) is 1.23. The van der Waals surface area contributed by atoms with Crippen molar-refractivity contribution in [3.05, 3.63) is 105 Å². The van der Waals surface area contributed by atoms with E-state index >= 15 is 0 Å². The zero-order chi connectivity index (χ0) is 26.5. The van der Waals surface area contributed by atoms with Gasteiger partial charge in [0.25, 0.3) is 0 Å². The van der Waals surface area contributed by atoms with Gasteiger partial charge in [-0.15, -0.1) is 0 Å². The Hall–Kier alpha value is -3.40. The molecule has 38 heavy (non-hydrogen) atoms. The summed E-state index contributed by atoms with van der Waals surface area (Å²) in [5, 5.41) is 11.6. The first-order valence-corrected chi connectivity index (χ1v) is 14.3. The zero-order valence-corrected chi connectivity index (χ0v) is 23.0. The van der Waals surface area contributed by atoms with Gasteiger partial charge < -0.3 is 9.64 Å². The lowest BCUT2D eigenvalue weighted by atomic mass is 9.86. The first kappa shape index (κ1) is 26.2. The Balaban J connectivity index is 1.28. The predicted molar refractivity (Wildman–Crippen MR) is 154 cm³/mol. The Kier molecular flexibility index (Phi) is 8.26. The Bertz CT molecular complexity index is 1350. The van der Waals surface area contributed by atoms with Crippen LogP contribution in [0.25, 0.3) is 0 Å². The van der Waals surface area contributed by atoms with Crippen molar-refractivity contribution in [2.75, 3.05) is 17.4 Å². The monoisotopic (exact) mass is 543 g/mol. The van der Waals surface area contributed by atoms with Gasteiger partial charge in [0, 0.05) is 23.0 Å². The SMILES string of the molecule is CCCCc1ccc(N2CSC3=C(C#N)[C@H](c4ccc(OCc5ccc(Cl)cc5)cc4)CC(=O)N3C2)cc1. The van der Waals surface area contributed by atoms with Gasteiger partial charge in [0.05, 0.1) is 29.2 Å². The van der Waals surface area contributed by atoms with Gasteiger partial charge in [0.1, 0.15) is 12.4 Å². The lowest BCUT2D eigenvalue weighted by Crippen LogP contribution is -2.47. The standard InChI is InChI=1S/C31H30ClN3O2S/c1-2-3-4-22-7-13-26(14-8-22)34-20-35-30(36)17-28(29(18-33)31(35)38-21-34)24-9-15-27(16-10-24)37-19-23-5-11-25(32)12-6-23/h5-16,28H,2-4,17,19-21H2,1H3/t28-/m0/s1. The fourth-order valence-corrected chi connectivity index (χ4v) is 6.10. The van der Waals surface area contributed by atoms with Gasteiger partial charge in [-0.3, -0.25) is 9.69 Å². The number of carbonyl (C=O) groups excluding carboxylic acids is 1. The number of nitrogens with zero attached hydrogens (tertiary/aromatic N) is 3. The van der Waals surface area contributed by atoms with Crippen molar-refractivity contribution in [1.29, 1.82) is 5.26 Å². The summed E-state index contributed by atoms with van der Waals surface area (Å²) in [6.07, 6.45) is 3.74. The van der Waals surface area contributed by atoms with Crippen molar-refractivity contribution >= 4 is 35.0 Å². The number of allylic oxidation sites excluding steroid dienone is 1. The van der Waals surface area contributed by atoms with Crippen LogP contribution in [-0.2, 0) is 17.8 Å². The minimum atomic E-state index is -0.249. The van der Waals surface area contributed by atoms with Gasteiger partial charge in [-0.1, -0.05) is 73.1 Å². The number of anilines is 1. The Morgan fingerprint density at radius 3 is 2.42 bits per heavy atom. The average Bonchev–Trinajstić information content (AvgIpc) is 2.96. The number of thioether (sulfide) groups is 1. The summed E-state index contributed by atoms with van der Waals surface area (Å²) >= 11 is 7.52. The average molecular weight is 544 g/mol. The largest absolute Gasteiger partial charge is 0.489 e. The molecule has 1 fully saturated rings. The minimum Gasteiger partial charge on any atom is -0.489 e. The molecule has 0 aliphatic carbocycles. The van der Waals surface area contributed by atoms with Crippen LogP contribution in [0.5, 0.6) is 5.75 Å².